The van der Waals surface area contributed by atoms with E-state index in [0.717, 1.165) is 5.75 Å². The van der Waals surface area contributed by atoms with Gasteiger partial charge in [0.1, 0.15) is 5.75 Å². The predicted octanol–water partition coefficient (Wildman–Crippen LogP) is 4.69. The minimum absolute atomic E-state index is 0.371. The summed E-state index contributed by atoms with van der Waals surface area (Å²) in [6.45, 7) is 4.00. The van der Waals surface area contributed by atoms with Crippen molar-refractivity contribution in [3.05, 3.63) is 29.8 Å². The molecule has 0 unspecified atom stereocenters. The fourth-order valence-electron chi connectivity index (χ4n) is 2.16. The highest BCUT2D eigenvalue weighted by molar-refractivity contribution is 5.34. The standard InChI is InChI=1S/C14H17NO.C2H6/c15-11-12-7-9-14(10-8-12)16-13-5-3-1-2-4-6-13;1-2/h7-10,13H,1-6H2;1-2H3. The van der Waals surface area contributed by atoms with E-state index >= 15 is 0 Å². The van der Waals surface area contributed by atoms with Gasteiger partial charge in [0.2, 0.25) is 0 Å². The first kappa shape index (κ1) is 14.6. The van der Waals surface area contributed by atoms with Gasteiger partial charge in [0.05, 0.1) is 17.7 Å². The monoisotopic (exact) mass is 245 g/mol. The summed E-state index contributed by atoms with van der Waals surface area (Å²) in [4.78, 5) is 0. The van der Waals surface area contributed by atoms with E-state index in [2.05, 4.69) is 6.07 Å². The molecule has 1 aromatic rings. The molecular formula is C16H23NO. The first-order valence-electron chi connectivity index (χ1n) is 7.05. The Labute approximate surface area is 111 Å². The molecule has 0 amide bonds. The van der Waals surface area contributed by atoms with E-state index in [1.165, 1.54) is 38.5 Å². The van der Waals surface area contributed by atoms with Crippen molar-refractivity contribution >= 4 is 0 Å². The third-order valence-corrected chi connectivity index (χ3v) is 3.09. The molecule has 1 aliphatic carbocycles. The van der Waals surface area contributed by atoms with Crippen LogP contribution < -0.4 is 4.74 Å². The van der Waals surface area contributed by atoms with Gasteiger partial charge in [-0.2, -0.15) is 5.26 Å². The zero-order valence-corrected chi connectivity index (χ0v) is 11.5. The second kappa shape index (κ2) is 8.58. The minimum Gasteiger partial charge on any atom is -0.490 e. The number of rotatable bonds is 2. The van der Waals surface area contributed by atoms with Gasteiger partial charge >= 0.3 is 0 Å². The van der Waals surface area contributed by atoms with Crippen molar-refractivity contribution < 1.29 is 4.74 Å². The van der Waals surface area contributed by atoms with E-state index < -0.39 is 0 Å². The Bertz CT molecular complexity index is 356. The van der Waals surface area contributed by atoms with Gasteiger partial charge in [-0.3, -0.25) is 0 Å². The predicted molar refractivity (Wildman–Crippen MR) is 74.6 cm³/mol. The van der Waals surface area contributed by atoms with Gasteiger partial charge in [-0.15, -0.1) is 0 Å². The van der Waals surface area contributed by atoms with Crippen molar-refractivity contribution in [2.24, 2.45) is 0 Å². The summed E-state index contributed by atoms with van der Waals surface area (Å²) in [7, 11) is 0. The lowest BCUT2D eigenvalue weighted by Crippen LogP contribution is -2.14. The van der Waals surface area contributed by atoms with Crippen LogP contribution >= 0.6 is 0 Å². The van der Waals surface area contributed by atoms with Gasteiger partial charge in [-0.1, -0.05) is 26.7 Å². The summed E-state index contributed by atoms with van der Waals surface area (Å²) in [5.41, 5.74) is 0.688. The lowest BCUT2D eigenvalue weighted by atomic mass is 10.1. The van der Waals surface area contributed by atoms with Gasteiger partial charge in [-0.25, -0.2) is 0 Å². The summed E-state index contributed by atoms with van der Waals surface area (Å²) < 4.78 is 5.93. The molecule has 1 aliphatic rings. The van der Waals surface area contributed by atoms with Crippen LogP contribution in [0.15, 0.2) is 24.3 Å². The lowest BCUT2D eigenvalue weighted by molar-refractivity contribution is 0.184. The van der Waals surface area contributed by atoms with Crippen molar-refractivity contribution in [2.75, 3.05) is 0 Å². The van der Waals surface area contributed by atoms with Crippen LogP contribution in [0.4, 0.5) is 0 Å². The number of hydrogen-bond donors (Lipinski definition) is 0. The van der Waals surface area contributed by atoms with Crippen LogP contribution in [0.1, 0.15) is 57.9 Å². The molecule has 98 valence electrons. The fourth-order valence-corrected chi connectivity index (χ4v) is 2.16. The second-order valence-corrected chi connectivity index (χ2v) is 4.37. The van der Waals surface area contributed by atoms with E-state index in [9.17, 15) is 0 Å². The Hall–Kier alpha value is -1.49. The highest BCUT2D eigenvalue weighted by Crippen LogP contribution is 2.22. The maximum Gasteiger partial charge on any atom is 0.119 e. The van der Waals surface area contributed by atoms with Crippen LogP contribution in [0.2, 0.25) is 0 Å². The SMILES string of the molecule is CC.N#Cc1ccc(OC2CCCCCC2)cc1. The molecule has 0 bridgehead atoms. The summed E-state index contributed by atoms with van der Waals surface area (Å²) in [5, 5.41) is 8.70. The number of benzene rings is 1. The Balaban J connectivity index is 0.000000771. The third-order valence-electron chi connectivity index (χ3n) is 3.09. The Morgan fingerprint density at radius 3 is 2.06 bits per heavy atom. The molecule has 18 heavy (non-hydrogen) atoms. The van der Waals surface area contributed by atoms with E-state index in [4.69, 9.17) is 10.00 Å². The molecule has 0 saturated heterocycles. The number of nitriles is 1. The quantitative estimate of drug-likeness (QED) is 0.708. The van der Waals surface area contributed by atoms with Crippen LogP contribution in [-0.4, -0.2) is 6.10 Å². The molecule has 2 heteroatoms. The van der Waals surface area contributed by atoms with Gasteiger partial charge in [0.25, 0.3) is 0 Å². The topological polar surface area (TPSA) is 33.0 Å². The summed E-state index contributed by atoms with van der Waals surface area (Å²) in [6, 6.07) is 9.52. The third kappa shape index (κ3) is 4.79. The highest BCUT2D eigenvalue weighted by atomic mass is 16.5. The summed E-state index contributed by atoms with van der Waals surface area (Å²) >= 11 is 0. The molecule has 2 nitrogen and oxygen atoms in total. The molecule has 0 aromatic heterocycles. The summed E-state index contributed by atoms with van der Waals surface area (Å²) in [6.07, 6.45) is 7.94. The average molecular weight is 245 g/mol. The summed E-state index contributed by atoms with van der Waals surface area (Å²) in [5.74, 6) is 0.894. The van der Waals surface area contributed by atoms with Crippen molar-refractivity contribution in [3.8, 4) is 11.8 Å². The molecule has 0 atom stereocenters. The smallest absolute Gasteiger partial charge is 0.119 e. The average Bonchev–Trinajstić information content (AvgIpc) is 2.71. The second-order valence-electron chi connectivity index (χ2n) is 4.37. The molecule has 0 N–H and O–H groups in total. The van der Waals surface area contributed by atoms with Gasteiger partial charge in [-0.05, 0) is 49.9 Å². The molecule has 1 aromatic carbocycles. The van der Waals surface area contributed by atoms with E-state index in [1.807, 2.05) is 38.1 Å². The first-order valence-corrected chi connectivity index (χ1v) is 7.05. The van der Waals surface area contributed by atoms with Crippen LogP contribution in [0, 0.1) is 11.3 Å². The van der Waals surface area contributed by atoms with Crippen molar-refractivity contribution in [1.82, 2.24) is 0 Å². The highest BCUT2D eigenvalue weighted by Gasteiger charge is 2.13. The van der Waals surface area contributed by atoms with Crippen LogP contribution in [0.25, 0.3) is 0 Å². The van der Waals surface area contributed by atoms with E-state index in [0.29, 0.717) is 11.7 Å². The largest absolute Gasteiger partial charge is 0.490 e. The van der Waals surface area contributed by atoms with Crippen LogP contribution in [-0.2, 0) is 0 Å². The minimum atomic E-state index is 0.371. The molecule has 0 spiro atoms. The molecule has 0 radical (unpaired) electrons. The first-order chi connectivity index (χ1) is 8.88. The molecule has 0 heterocycles. The number of ether oxygens (including phenoxy) is 1. The van der Waals surface area contributed by atoms with Crippen molar-refractivity contribution in [2.45, 2.75) is 58.5 Å². The van der Waals surface area contributed by atoms with Gasteiger partial charge in [0.15, 0.2) is 0 Å². The fraction of sp³-hybridized carbons (Fsp3) is 0.562. The Morgan fingerprint density at radius 2 is 1.56 bits per heavy atom. The Morgan fingerprint density at radius 1 is 1.00 bits per heavy atom. The van der Waals surface area contributed by atoms with Gasteiger partial charge < -0.3 is 4.74 Å². The van der Waals surface area contributed by atoms with E-state index in [-0.39, 0.29) is 0 Å². The molecule has 1 fully saturated rings. The number of nitrogens with zero attached hydrogens (tertiary/aromatic N) is 1. The van der Waals surface area contributed by atoms with Crippen molar-refractivity contribution in [1.29, 1.82) is 5.26 Å². The van der Waals surface area contributed by atoms with Crippen LogP contribution in [0.3, 0.4) is 0 Å². The molecule has 2 rings (SSSR count). The van der Waals surface area contributed by atoms with Crippen molar-refractivity contribution in [3.63, 3.8) is 0 Å². The zero-order valence-electron chi connectivity index (χ0n) is 11.5. The molecule has 0 aliphatic heterocycles. The normalized spacial score (nSPS) is 15.8. The van der Waals surface area contributed by atoms with E-state index in [1.54, 1.807) is 0 Å². The van der Waals surface area contributed by atoms with Crippen LogP contribution in [0.5, 0.6) is 5.75 Å². The lowest BCUT2D eigenvalue weighted by Gasteiger charge is -2.16. The maximum absolute atomic E-state index is 8.70. The maximum atomic E-state index is 8.70. The number of hydrogen-bond acceptors (Lipinski definition) is 2. The zero-order chi connectivity index (χ0) is 13.2. The Kier molecular flexibility index (Phi) is 6.94. The molecule has 1 saturated carbocycles. The molecular weight excluding hydrogens is 222 g/mol. The van der Waals surface area contributed by atoms with Gasteiger partial charge in [0, 0.05) is 0 Å².